The molecule has 0 aromatic heterocycles. The number of amides is 1. The molecule has 0 saturated heterocycles. The number of hydrogen-bond donors (Lipinski definition) is 6. The van der Waals surface area contributed by atoms with Crippen molar-refractivity contribution < 1.29 is 29.4 Å². The van der Waals surface area contributed by atoms with Crippen molar-refractivity contribution >= 4 is 45.7 Å². The molecule has 222 valence electrons. The minimum Gasteiger partial charge on any atom is -0.481 e. The lowest BCUT2D eigenvalue weighted by Crippen LogP contribution is -2.29. The largest absolute Gasteiger partial charge is 0.481 e. The summed E-state index contributed by atoms with van der Waals surface area (Å²) >= 11 is 3.26. The van der Waals surface area contributed by atoms with E-state index in [0.717, 1.165) is 29.2 Å². The number of carbonyl (C=O) groups is 4. The summed E-state index contributed by atoms with van der Waals surface area (Å²) in [5.41, 5.74) is 18.2. The fourth-order valence-electron chi connectivity index (χ4n) is 3.39. The molecule has 1 fully saturated rings. The standard InChI is InChI=1S/C9H9NO2.C8H7BrO2.C6H14N2O2.C6H13N/c1-7(12)10-9-4-2-8(6-11)3-5-9;9-7-3-1-6(2-4-7)5-8(10)11;7-4-2-1-3-5(8)6(9)10;7-6-4-2-1-3-5-6/h2-6H,1H3,(H,10,12);1-4H,5H2,(H,10,11);5H,1-4,7-8H2,(H,9,10);6H,1-5,7H2/t;;5-;/m..0./s1. The van der Waals surface area contributed by atoms with Crippen LogP contribution in [0.4, 0.5) is 5.69 Å². The van der Waals surface area contributed by atoms with E-state index in [1.54, 1.807) is 36.4 Å². The highest BCUT2D eigenvalue weighted by atomic mass is 79.9. The highest BCUT2D eigenvalue weighted by Gasteiger charge is 2.09. The lowest BCUT2D eigenvalue weighted by atomic mass is 9.97. The first kappa shape index (κ1) is 36.9. The van der Waals surface area contributed by atoms with Crippen molar-refractivity contribution in [2.75, 3.05) is 11.9 Å². The number of aldehydes is 1. The zero-order valence-electron chi connectivity index (χ0n) is 23.1. The number of aliphatic carboxylic acids is 2. The topological polar surface area (TPSA) is 199 Å². The van der Waals surface area contributed by atoms with E-state index in [9.17, 15) is 19.2 Å². The summed E-state index contributed by atoms with van der Waals surface area (Å²) < 4.78 is 0.964. The van der Waals surface area contributed by atoms with Gasteiger partial charge in [0.05, 0.1) is 6.42 Å². The van der Waals surface area contributed by atoms with Crippen molar-refractivity contribution in [1.82, 2.24) is 0 Å². The van der Waals surface area contributed by atoms with Crippen molar-refractivity contribution in [3.05, 3.63) is 64.1 Å². The van der Waals surface area contributed by atoms with Crippen LogP contribution in [0.5, 0.6) is 0 Å². The van der Waals surface area contributed by atoms with Crippen molar-refractivity contribution in [3.8, 4) is 0 Å². The highest BCUT2D eigenvalue weighted by molar-refractivity contribution is 9.10. The smallest absolute Gasteiger partial charge is 0.320 e. The predicted molar refractivity (Wildman–Crippen MR) is 161 cm³/mol. The normalized spacial score (nSPS) is 13.0. The molecule has 0 spiro atoms. The van der Waals surface area contributed by atoms with E-state index in [0.29, 0.717) is 30.3 Å². The molecule has 10 nitrogen and oxygen atoms in total. The van der Waals surface area contributed by atoms with Gasteiger partial charge >= 0.3 is 11.9 Å². The van der Waals surface area contributed by atoms with Crippen molar-refractivity contribution in [3.63, 3.8) is 0 Å². The van der Waals surface area contributed by atoms with Crippen LogP contribution in [-0.4, -0.2) is 53.0 Å². The molecule has 0 heterocycles. The van der Waals surface area contributed by atoms with Crippen molar-refractivity contribution in [2.24, 2.45) is 17.2 Å². The van der Waals surface area contributed by atoms with Crippen LogP contribution in [0.15, 0.2) is 53.0 Å². The highest BCUT2D eigenvalue weighted by Crippen LogP contribution is 2.15. The lowest BCUT2D eigenvalue weighted by Gasteiger charge is -2.15. The van der Waals surface area contributed by atoms with E-state index < -0.39 is 18.0 Å². The fourth-order valence-corrected chi connectivity index (χ4v) is 3.66. The molecule has 3 rings (SSSR count). The number of nitrogens with one attached hydrogen (secondary N) is 1. The zero-order valence-corrected chi connectivity index (χ0v) is 24.6. The monoisotopic (exact) mass is 622 g/mol. The Morgan fingerprint density at radius 2 is 1.57 bits per heavy atom. The molecule has 9 N–H and O–H groups in total. The third-order valence-corrected chi connectivity index (χ3v) is 6.10. The summed E-state index contributed by atoms with van der Waals surface area (Å²) in [7, 11) is 0. The van der Waals surface area contributed by atoms with Crippen molar-refractivity contribution in [2.45, 2.75) is 76.8 Å². The minimum atomic E-state index is -0.933. The maximum Gasteiger partial charge on any atom is 0.320 e. The van der Waals surface area contributed by atoms with E-state index in [-0.39, 0.29) is 12.3 Å². The quantitative estimate of drug-likeness (QED) is 0.174. The van der Waals surface area contributed by atoms with Gasteiger partial charge < -0.3 is 32.7 Å². The van der Waals surface area contributed by atoms with Gasteiger partial charge in [0, 0.05) is 28.7 Å². The first-order chi connectivity index (χ1) is 19.0. The van der Waals surface area contributed by atoms with Crippen LogP contribution in [0, 0.1) is 0 Å². The van der Waals surface area contributed by atoms with E-state index in [1.165, 1.54) is 39.0 Å². The van der Waals surface area contributed by atoms with Gasteiger partial charge in [0.15, 0.2) is 0 Å². The molecule has 1 aliphatic rings. The number of rotatable bonds is 9. The summed E-state index contributed by atoms with van der Waals surface area (Å²) in [6.07, 6.45) is 9.68. The molecule has 0 aliphatic heterocycles. The van der Waals surface area contributed by atoms with Crippen LogP contribution < -0.4 is 22.5 Å². The second-order valence-corrected chi connectivity index (χ2v) is 10.2. The molecule has 1 amide bonds. The SMILES string of the molecule is CC(=O)Nc1ccc(C=O)cc1.NC1CCCCC1.NCCCC[C@H](N)C(=O)O.O=C(O)Cc1ccc(Br)cc1. The van der Waals surface area contributed by atoms with Gasteiger partial charge in [0.1, 0.15) is 12.3 Å². The Bertz CT molecular complexity index is 997. The molecule has 1 atom stereocenters. The van der Waals surface area contributed by atoms with Crippen LogP contribution in [0.25, 0.3) is 0 Å². The van der Waals surface area contributed by atoms with Crippen LogP contribution in [0.3, 0.4) is 0 Å². The van der Waals surface area contributed by atoms with Gasteiger partial charge in [-0.15, -0.1) is 0 Å². The summed E-state index contributed by atoms with van der Waals surface area (Å²) in [4.78, 5) is 41.2. The number of nitrogens with two attached hydrogens (primary N) is 3. The third-order valence-electron chi connectivity index (χ3n) is 5.57. The molecule has 0 unspecified atom stereocenters. The Morgan fingerprint density at radius 3 is 1.98 bits per heavy atom. The lowest BCUT2D eigenvalue weighted by molar-refractivity contribution is -0.139. The molecule has 1 saturated carbocycles. The fraction of sp³-hybridized carbons (Fsp3) is 0.448. The van der Waals surface area contributed by atoms with Gasteiger partial charge in [0.25, 0.3) is 0 Å². The number of carboxylic acid groups (broad SMARTS) is 2. The van der Waals surface area contributed by atoms with Gasteiger partial charge in [-0.05, 0) is 74.2 Å². The van der Waals surface area contributed by atoms with E-state index in [4.69, 9.17) is 27.4 Å². The van der Waals surface area contributed by atoms with Crippen LogP contribution in [-0.2, 0) is 20.8 Å². The number of unbranched alkanes of at least 4 members (excludes halogenated alkanes) is 1. The molecule has 0 bridgehead atoms. The van der Waals surface area contributed by atoms with Crippen LogP contribution in [0.1, 0.15) is 74.2 Å². The maximum absolute atomic E-state index is 10.6. The van der Waals surface area contributed by atoms with E-state index >= 15 is 0 Å². The Kier molecular flexibility index (Phi) is 20.9. The average Bonchev–Trinajstić information content (AvgIpc) is 2.91. The van der Waals surface area contributed by atoms with Crippen molar-refractivity contribution in [1.29, 1.82) is 0 Å². The zero-order chi connectivity index (χ0) is 30.3. The Hall–Kier alpha value is -3.12. The molecule has 1 aliphatic carbocycles. The first-order valence-electron chi connectivity index (χ1n) is 13.2. The molecular weight excluding hydrogens is 580 g/mol. The molecule has 0 radical (unpaired) electrons. The van der Waals surface area contributed by atoms with Gasteiger partial charge in [-0.25, -0.2) is 0 Å². The first-order valence-corrected chi connectivity index (χ1v) is 14.0. The van der Waals surface area contributed by atoms with Crippen LogP contribution in [0.2, 0.25) is 0 Å². The van der Waals surface area contributed by atoms with Gasteiger partial charge in [-0.2, -0.15) is 0 Å². The van der Waals surface area contributed by atoms with Gasteiger partial charge in [-0.3, -0.25) is 19.2 Å². The van der Waals surface area contributed by atoms with Gasteiger partial charge in [-0.1, -0.05) is 53.7 Å². The molecule has 2 aromatic carbocycles. The van der Waals surface area contributed by atoms with E-state index in [2.05, 4.69) is 21.2 Å². The van der Waals surface area contributed by atoms with Crippen LogP contribution >= 0.6 is 15.9 Å². The predicted octanol–water partition coefficient (Wildman–Crippen LogP) is 4.34. The molecule has 11 heteroatoms. The number of hydrogen-bond acceptors (Lipinski definition) is 7. The summed E-state index contributed by atoms with van der Waals surface area (Å²) in [6, 6.07) is 13.7. The number of benzene rings is 2. The molecule has 2 aromatic rings. The summed E-state index contributed by atoms with van der Waals surface area (Å²) in [5, 5.41) is 19.4. The minimum absolute atomic E-state index is 0.0906. The summed E-state index contributed by atoms with van der Waals surface area (Å²) in [6.45, 7) is 2.04. The second-order valence-electron chi connectivity index (χ2n) is 9.25. The third kappa shape index (κ3) is 20.8. The maximum atomic E-state index is 10.6. The number of carboxylic acids is 2. The Labute approximate surface area is 244 Å². The van der Waals surface area contributed by atoms with Gasteiger partial charge in [0.2, 0.25) is 5.91 Å². The second kappa shape index (κ2) is 22.7. The molecular formula is C29H43BrN4O6. The number of anilines is 1. The average molecular weight is 624 g/mol. The van der Waals surface area contributed by atoms with E-state index in [1.807, 2.05) is 12.1 Å². The summed E-state index contributed by atoms with van der Waals surface area (Å²) in [5.74, 6) is -1.85. The Morgan fingerprint density at radius 1 is 1.00 bits per heavy atom. The number of halogens is 1. The molecule has 40 heavy (non-hydrogen) atoms. The Balaban J connectivity index is 0.000000515. The number of carbonyl (C=O) groups excluding carboxylic acids is 2.